The van der Waals surface area contributed by atoms with Crippen LogP contribution in [0.2, 0.25) is 0 Å². The number of hydrogen-bond acceptors (Lipinski definition) is 5. The van der Waals surface area contributed by atoms with Crippen LogP contribution in [0.4, 0.5) is 5.69 Å². The molecule has 0 spiro atoms. The number of sulfonamides is 1. The Morgan fingerprint density at radius 1 is 1.29 bits per heavy atom. The number of amides is 1. The van der Waals surface area contributed by atoms with E-state index in [1.165, 1.54) is 19.1 Å². The van der Waals surface area contributed by atoms with E-state index in [0.29, 0.717) is 6.54 Å². The van der Waals surface area contributed by atoms with Crippen LogP contribution in [0.25, 0.3) is 0 Å². The van der Waals surface area contributed by atoms with Crippen molar-refractivity contribution in [3.63, 3.8) is 0 Å². The third-order valence-electron chi connectivity index (χ3n) is 2.45. The summed E-state index contributed by atoms with van der Waals surface area (Å²) >= 11 is 0. The number of para-hydroxylation sites is 1. The zero-order valence-corrected chi connectivity index (χ0v) is 12.9. The number of rotatable bonds is 6. The Morgan fingerprint density at radius 2 is 1.90 bits per heavy atom. The fourth-order valence-corrected chi connectivity index (χ4v) is 2.12. The molecule has 1 atom stereocenters. The minimum absolute atomic E-state index is 0.0408. The third-order valence-corrected chi connectivity index (χ3v) is 3.04. The van der Waals surface area contributed by atoms with Crippen molar-refractivity contribution in [2.75, 3.05) is 17.5 Å². The van der Waals surface area contributed by atoms with Gasteiger partial charge in [0, 0.05) is 6.54 Å². The predicted octanol–water partition coefficient (Wildman–Crippen LogP) is 0.740. The number of hydrogen-bond donors (Lipinski definition) is 2. The molecule has 0 aliphatic carbocycles. The molecule has 0 aliphatic rings. The van der Waals surface area contributed by atoms with Gasteiger partial charge in [0.25, 0.3) is 5.91 Å². The summed E-state index contributed by atoms with van der Waals surface area (Å²) in [5.74, 6) is -1.19. The first-order chi connectivity index (χ1) is 9.74. The lowest BCUT2D eigenvalue weighted by Gasteiger charge is -2.14. The summed E-state index contributed by atoms with van der Waals surface area (Å²) in [6.07, 6.45) is 0.00984. The first-order valence-corrected chi connectivity index (χ1v) is 8.19. The van der Waals surface area contributed by atoms with Gasteiger partial charge in [-0.1, -0.05) is 12.1 Å². The second-order valence-corrected chi connectivity index (χ2v) is 6.11. The van der Waals surface area contributed by atoms with E-state index < -0.39 is 28.0 Å². The van der Waals surface area contributed by atoms with Crippen molar-refractivity contribution in [1.82, 2.24) is 5.32 Å². The highest BCUT2D eigenvalue weighted by Gasteiger charge is 2.21. The lowest BCUT2D eigenvalue weighted by molar-refractivity contribution is -0.128. The predicted molar refractivity (Wildman–Crippen MR) is 78.5 cm³/mol. The maximum absolute atomic E-state index is 12.0. The number of ether oxygens (including phenoxy) is 1. The van der Waals surface area contributed by atoms with Gasteiger partial charge in [-0.2, -0.15) is 0 Å². The van der Waals surface area contributed by atoms with Crippen LogP contribution in [0, 0.1) is 0 Å². The average molecular weight is 314 g/mol. The molecule has 0 saturated heterocycles. The van der Waals surface area contributed by atoms with E-state index >= 15 is 0 Å². The molecule has 7 nitrogen and oxygen atoms in total. The molecule has 0 radical (unpaired) electrons. The van der Waals surface area contributed by atoms with E-state index in [1.54, 1.807) is 19.1 Å². The molecule has 1 aromatic carbocycles. The van der Waals surface area contributed by atoms with Gasteiger partial charge in [-0.25, -0.2) is 13.2 Å². The lowest BCUT2D eigenvalue weighted by Crippen LogP contribution is -2.35. The SMILES string of the molecule is CCNC(=O)[C@H](C)OC(=O)c1ccccc1NS(C)(=O)=O. The van der Waals surface area contributed by atoms with Crippen molar-refractivity contribution in [3.8, 4) is 0 Å². The van der Waals surface area contributed by atoms with Crippen molar-refractivity contribution in [2.45, 2.75) is 20.0 Å². The Labute approximate surface area is 123 Å². The second-order valence-electron chi connectivity index (χ2n) is 4.36. The van der Waals surface area contributed by atoms with Crippen molar-refractivity contribution in [3.05, 3.63) is 29.8 Å². The first kappa shape index (κ1) is 17.0. The Hall–Kier alpha value is -2.09. The molecular weight excluding hydrogens is 296 g/mol. The Morgan fingerprint density at radius 3 is 2.48 bits per heavy atom. The Balaban J connectivity index is 2.90. The fraction of sp³-hybridized carbons (Fsp3) is 0.385. The number of esters is 1. The molecule has 0 aromatic heterocycles. The maximum Gasteiger partial charge on any atom is 0.341 e. The van der Waals surface area contributed by atoms with Crippen LogP contribution in [-0.4, -0.2) is 39.2 Å². The number of likely N-dealkylation sites (N-methyl/N-ethyl adjacent to an activating group) is 1. The van der Waals surface area contributed by atoms with Crippen molar-refractivity contribution in [1.29, 1.82) is 0 Å². The smallest absolute Gasteiger partial charge is 0.341 e. The number of carbonyl (C=O) groups is 2. The van der Waals surface area contributed by atoms with Crippen LogP contribution in [0.15, 0.2) is 24.3 Å². The zero-order valence-electron chi connectivity index (χ0n) is 12.0. The number of benzene rings is 1. The number of nitrogens with one attached hydrogen (secondary N) is 2. The summed E-state index contributed by atoms with van der Waals surface area (Å²) < 4.78 is 29.8. The van der Waals surface area contributed by atoms with E-state index in [4.69, 9.17) is 4.74 Å². The van der Waals surface area contributed by atoms with Crippen molar-refractivity contribution in [2.24, 2.45) is 0 Å². The summed E-state index contributed by atoms with van der Waals surface area (Å²) in [6, 6.07) is 6.01. The molecule has 8 heteroatoms. The minimum Gasteiger partial charge on any atom is -0.449 e. The second kappa shape index (κ2) is 7.07. The molecule has 2 N–H and O–H groups in total. The molecule has 1 rings (SSSR count). The van der Waals surface area contributed by atoms with E-state index in [2.05, 4.69) is 10.0 Å². The number of carbonyl (C=O) groups excluding carboxylic acids is 2. The van der Waals surface area contributed by atoms with Gasteiger partial charge < -0.3 is 10.1 Å². The summed E-state index contributed by atoms with van der Waals surface area (Å²) in [7, 11) is -3.52. The van der Waals surface area contributed by atoms with Crippen molar-refractivity contribution < 1.29 is 22.7 Å². The van der Waals surface area contributed by atoms with Crippen molar-refractivity contribution >= 4 is 27.6 Å². The van der Waals surface area contributed by atoms with Crippen LogP contribution >= 0.6 is 0 Å². The molecule has 116 valence electrons. The lowest BCUT2D eigenvalue weighted by atomic mass is 10.2. The molecule has 1 aromatic rings. The fourth-order valence-electron chi connectivity index (χ4n) is 1.55. The molecule has 0 aliphatic heterocycles. The Bertz CT molecular complexity index is 627. The normalized spacial score (nSPS) is 12.3. The van der Waals surface area contributed by atoms with E-state index in [1.807, 2.05) is 0 Å². The average Bonchev–Trinajstić information content (AvgIpc) is 2.37. The van der Waals surface area contributed by atoms with Gasteiger partial charge in [0.2, 0.25) is 10.0 Å². The minimum atomic E-state index is -3.52. The summed E-state index contributed by atoms with van der Waals surface area (Å²) in [6.45, 7) is 3.61. The van der Waals surface area contributed by atoms with E-state index in [-0.39, 0.29) is 11.3 Å². The van der Waals surface area contributed by atoms with Crippen LogP contribution in [0.1, 0.15) is 24.2 Å². The summed E-state index contributed by atoms with van der Waals surface area (Å²) in [5.41, 5.74) is 0.146. The van der Waals surface area contributed by atoms with E-state index in [0.717, 1.165) is 6.26 Å². The topological polar surface area (TPSA) is 102 Å². The summed E-state index contributed by atoms with van der Waals surface area (Å²) in [5, 5.41) is 2.53. The van der Waals surface area contributed by atoms with Gasteiger partial charge in [-0.15, -0.1) is 0 Å². The largest absolute Gasteiger partial charge is 0.449 e. The molecule has 1 amide bonds. The molecule has 0 heterocycles. The Kier molecular flexibility index (Phi) is 5.71. The highest BCUT2D eigenvalue weighted by atomic mass is 32.2. The molecule has 0 unspecified atom stereocenters. The molecule has 0 bridgehead atoms. The van der Waals surface area contributed by atoms with E-state index in [9.17, 15) is 18.0 Å². The van der Waals surface area contributed by atoms with Crippen LogP contribution < -0.4 is 10.0 Å². The monoisotopic (exact) mass is 314 g/mol. The molecular formula is C13H18N2O5S. The van der Waals surface area contributed by atoms with Crippen LogP contribution in [-0.2, 0) is 19.6 Å². The van der Waals surface area contributed by atoms with Crippen LogP contribution in [0.5, 0.6) is 0 Å². The van der Waals surface area contributed by atoms with Gasteiger partial charge in [0.05, 0.1) is 17.5 Å². The highest BCUT2D eigenvalue weighted by Crippen LogP contribution is 2.18. The standard InChI is InChI=1S/C13H18N2O5S/c1-4-14-12(16)9(2)20-13(17)10-7-5-6-8-11(10)15-21(3,18)19/h5-9,15H,4H2,1-3H3,(H,14,16)/t9-/m0/s1. The number of anilines is 1. The van der Waals surface area contributed by atoms with Gasteiger partial charge in [-0.3, -0.25) is 9.52 Å². The molecule has 0 fully saturated rings. The summed E-state index contributed by atoms with van der Waals surface area (Å²) in [4.78, 5) is 23.6. The first-order valence-electron chi connectivity index (χ1n) is 6.30. The third kappa shape index (κ3) is 5.42. The highest BCUT2D eigenvalue weighted by molar-refractivity contribution is 7.92. The zero-order chi connectivity index (χ0) is 16.0. The van der Waals surface area contributed by atoms with Gasteiger partial charge >= 0.3 is 5.97 Å². The molecule has 0 saturated carbocycles. The quantitative estimate of drug-likeness (QED) is 0.754. The molecule has 21 heavy (non-hydrogen) atoms. The van der Waals surface area contributed by atoms with Gasteiger partial charge in [0.1, 0.15) is 0 Å². The van der Waals surface area contributed by atoms with Gasteiger partial charge in [0.15, 0.2) is 6.10 Å². The maximum atomic E-state index is 12.0. The van der Waals surface area contributed by atoms with Crippen LogP contribution in [0.3, 0.4) is 0 Å². The van der Waals surface area contributed by atoms with Gasteiger partial charge in [-0.05, 0) is 26.0 Å².